The summed E-state index contributed by atoms with van der Waals surface area (Å²) < 4.78 is 1.90. The van der Waals surface area contributed by atoms with Crippen LogP contribution in [0, 0.1) is 5.92 Å². The van der Waals surface area contributed by atoms with Gasteiger partial charge in [-0.1, -0.05) is 0 Å². The van der Waals surface area contributed by atoms with Crippen molar-refractivity contribution in [1.82, 2.24) is 14.7 Å². The number of aromatic nitrogens is 2. The van der Waals surface area contributed by atoms with Gasteiger partial charge in [0.15, 0.2) is 0 Å². The number of likely N-dealkylation sites (tertiary alicyclic amines) is 1. The molecule has 72 valence electrons. The highest BCUT2D eigenvalue weighted by molar-refractivity contribution is 5.01. The van der Waals surface area contributed by atoms with E-state index in [1.165, 1.54) is 5.69 Å². The molecular weight excluding hydrogens is 166 g/mol. The lowest BCUT2D eigenvalue weighted by Crippen LogP contribution is -2.47. The van der Waals surface area contributed by atoms with E-state index in [9.17, 15) is 0 Å². The first-order valence-corrected chi connectivity index (χ1v) is 4.59. The SMILES string of the molecule is Cn1nccc1CN1CC(CO)C1. The molecule has 0 spiro atoms. The highest BCUT2D eigenvalue weighted by Crippen LogP contribution is 2.17. The zero-order chi connectivity index (χ0) is 9.26. The van der Waals surface area contributed by atoms with Gasteiger partial charge in [-0.15, -0.1) is 0 Å². The molecule has 1 aliphatic heterocycles. The minimum absolute atomic E-state index is 0.321. The molecule has 0 saturated carbocycles. The van der Waals surface area contributed by atoms with Gasteiger partial charge in [-0.3, -0.25) is 9.58 Å². The van der Waals surface area contributed by atoms with E-state index in [1.807, 2.05) is 24.0 Å². The first-order chi connectivity index (χ1) is 6.29. The minimum Gasteiger partial charge on any atom is -0.396 e. The number of hydrogen-bond acceptors (Lipinski definition) is 3. The van der Waals surface area contributed by atoms with Crippen molar-refractivity contribution in [3.05, 3.63) is 18.0 Å². The van der Waals surface area contributed by atoms with Gasteiger partial charge in [0.25, 0.3) is 0 Å². The Labute approximate surface area is 77.8 Å². The molecule has 0 amide bonds. The van der Waals surface area contributed by atoms with E-state index in [1.54, 1.807) is 0 Å². The summed E-state index contributed by atoms with van der Waals surface area (Å²) in [6.45, 7) is 3.30. The van der Waals surface area contributed by atoms with Crippen molar-refractivity contribution in [2.24, 2.45) is 13.0 Å². The fourth-order valence-corrected chi connectivity index (χ4v) is 1.71. The lowest BCUT2D eigenvalue weighted by molar-refractivity contribution is 0.0461. The molecule has 1 aromatic rings. The van der Waals surface area contributed by atoms with Crippen LogP contribution in [0.5, 0.6) is 0 Å². The Hall–Kier alpha value is -0.870. The third-order valence-corrected chi connectivity index (χ3v) is 2.60. The van der Waals surface area contributed by atoms with E-state index in [4.69, 9.17) is 5.11 Å². The van der Waals surface area contributed by atoms with Crippen LogP contribution in [0.3, 0.4) is 0 Å². The molecule has 1 saturated heterocycles. The molecule has 4 heteroatoms. The number of aliphatic hydroxyl groups excluding tert-OH is 1. The van der Waals surface area contributed by atoms with Crippen molar-refractivity contribution in [2.75, 3.05) is 19.7 Å². The lowest BCUT2D eigenvalue weighted by atomic mass is 10.0. The quantitative estimate of drug-likeness (QED) is 0.704. The molecule has 0 aliphatic carbocycles. The van der Waals surface area contributed by atoms with Gasteiger partial charge in [-0.2, -0.15) is 5.10 Å². The smallest absolute Gasteiger partial charge is 0.0521 e. The molecule has 2 heterocycles. The van der Waals surface area contributed by atoms with Gasteiger partial charge in [0.2, 0.25) is 0 Å². The summed E-state index contributed by atoms with van der Waals surface area (Å²) in [5.74, 6) is 0.494. The van der Waals surface area contributed by atoms with Crippen molar-refractivity contribution < 1.29 is 5.11 Å². The van der Waals surface area contributed by atoms with Gasteiger partial charge < -0.3 is 5.11 Å². The summed E-state index contributed by atoms with van der Waals surface area (Å²) in [5.41, 5.74) is 1.23. The zero-order valence-corrected chi connectivity index (χ0v) is 7.85. The summed E-state index contributed by atoms with van der Waals surface area (Å²) in [6, 6.07) is 2.03. The second kappa shape index (κ2) is 3.47. The maximum atomic E-state index is 8.84. The zero-order valence-electron chi connectivity index (χ0n) is 7.85. The molecule has 1 aliphatic rings. The lowest BCUT2D eigenvalue weighted by Gasteiger charge is -2.38. The third-order valence-electron chi connectivity index (χ3n) is 2.60. The van der Waals surface area contributed by atoms with Crippen LogP contribution in [0.2, 0.25) is 0 Å². The number of nitrogens with zero attached hydrogens (tertiary/aromatic N) is 3. The van der Waals surface area contributed by atoms with Crippen molar-refractivity contribution in [3.8, 4) is 0 Å². The Balaban J connectivity index is 1.84. The maximum Gasteiger partial charge on any atom is 0.0521 e. The van der Waals surface area contributed by atoms with Crippen LogP contribution in [0.15, 0.2) is 12.3 Å². The van der Waals surface area contributed by atoms with Crippen LogP contribution in [-0.2, 0) is 13.6 Å². The van der Waals surface area contributed by atoms with Crippen LogP contribution in [0.1, 0.15) is 5.69 Å². The molecular formula is C9H15N3O. The van der Waals surface area contributed by atoms with Crippen LogP contribution < -0.4 is 0 Å². The second-order valence-electron chi connectivity index (χ2n) is 3.69. The predicted molar refractivity (Wildman–Crippen MR) is 49.1 cm³/mol. The summed E-state index contributed by atoms with van der Waals surface area (Å²) in [6.07, 6.45) is 1.82. The molecule has 1 fully saturated rings. The summed E-state index contributed by atoms with van der Waals surface area (Å²) >= 11 is 0. The highest BCUT2D eigenvalue weighted by atomic mass is 16.3. The Bertz CT molecular complexity index is 278. The molecule has 1 N–H and O–H groups in total. The van der Waals surface area contributed by atoms with Crippen molar-refractivity contribution in [2.45, 2.75) is 6.54 Å². The van der Waals surface area contributed by atoms with Crippen LogP contribution in [-0.4, -0.2) is 39.5 Å². The van der Waals surface area contributed by atoms with Gasteiger partial charge in [0.1, 0.15) is 0 Å². The Morgan fingerprint density at radius 2 is 2.38 bits per heavy atom. The molecule has 0 aromatic carbocycles. The van der Waals surface area contributed by atoms with E-state index in [0.717, 1.165) is 19.6 Å². The molecule has 0 unspecified atom stereocenters. The van der Waals surface area contributed by atoms with E-state index < -0.39 is 0 Å². The van der Waals surface area contributed by atoms with Gasteiger partial charge in [-0.05, 0) is 6.07 Å². The van der Waals surface area contributed by atoms with E-state index in [0.29, 0.717) is 12.5 Å². The van der Waals surface area contributed by atoms with Gasteiger partial charge in [-0.25, -0.2) is 0 Å². The van der Waals surface area contributed by atoms with Gasteiger partial charge >= 0.3 is 0 Å². The number of hydrogen-bond donors (Lipinski definition) is 1. The summed E-state index contributed by atoms with van der Waals surface area (Å²) in [7, 11) is 1.96. The summed E-state index contributed by atoms with van der Waals surface area (Å²) in [4.78, 5) is 2.32. The maximum absolute atomic E-state index is 8.84. The molecule has 0 bridgehead atoms. The van der Waals surface area contributed by atoms with Crippen molar-refractivity contribution >= 4 is 0 Å². The van der Waals surface area contributed by atoms with Crippen LogP contribution >= 0.6 is 0 Å². The normalized spacial score (nSPS) is 18.9. The second-order valence-corrected chi connectivity index (χ2v) is 3.69. The molecule has 2 rings (SSSR count). The number of aliphatic hydroxyl groups is 1. The minimum atomic E-state index is 0.321. The van der Waals surface area contributed by atoms with E-state index in [2.05, 4.69) is 10.00 Å². The average molecular weight is 181 g/mol. The molecule has 0 atom stereocenters. The Morgan fingerprint density at radius 3 is 2.92 bits per heavy atom. The van der Waals surface area contributed by atoms with E-state index in [-0.39, 0.29) is 0 Å². The Morgan fingerprint density at radius 1 is 1.62 bits per heavy atom. The van der Waals surface area contributed by atoms with Crippen LogP contribution in [0.4, 0.5) is 0 Å². The summed E-state index contributed by atoms with van der Waals surface area (Å²) in [5, 5.41) is 12.9. The van der Waals surface area contributed by atoms with Crippen LogP contribution in [0.25, 0.3) is 0 Å². The fraction of sp³-hybridized carbons (Fsp3) is 0.667. The first kappa shape index (κ1) is 8.72. The molecule has 0 radical (unpaired) electrons. The molecule has 4 nitrogen and oxygen atoms in total. The predicted octanol–water partition coefficient (Wildman–Crippen LogP) is -0.156. The number of aryl methyl sites for hydroxylation is 1. The van der Waals surface area contributed by atoms with E-state index >= 15 is 0 Å². The fourth-order valence-electron chi connectivity index (χ4n) is 1.71. The monoisotopic (exact) mass is 181 g/mol. The first-order valence-electron chi connectivity index (χ1n) is 4.59. The Kier molecular flexibility index (Phi) is 2.33. The third kappa shape index (κ3) is 1.73. The van der Waals surface area contributed by atoms with Crippen molar-refractivity contribution in [3.63, 3.8) is 0 Å². The highest BCUT2D eigenvalue weighted by Gasteiger charge is 2.25. The van der Waals surface area contributed by atoms with Gasteiger partial charge in [0.05, 0.1) is 5.69 Å². The largest absolute Gasteiger partial charge is 0.396 e. The number of rotatable bonds is 3. The van der Waals surface area contributed by atoms with Crippen molar-refractivity contribution in [1.29, 1.82) is 0 Å². The molecule has 13 heavy (non-hydrogen) atoms. The average Bonchev–Trinajstić information content (AvgIpc) is 2.43. The standard InChI is InChI=1S/C9H15N3O/c1-11-9(2-3-10-11)6-12-4-8(5-12)7-13/h2-3,8,13H,4-7H2,1H3. The topological polar surface area (TPSA) is 41.3 Å². The van der Waals surface area contributed by atoms with Gasteiger partial charge in [0, 0.05) is 45.4 Å². The molecule has 1 aromatic heterocycles.